The number of aryl methyl sites for hydroxylation is 1. The average Bonchev–Trinajstić information content (AvgIpc) is 3.35. The van der Waals surface area contributed by atoms with E-state index in [1.54, 1.807) is 0 Å². The largest absolute Gasteiger partial charge is 0.490 e. The predicted molar refractivity (Wildman–Crippen MR) is 109 cm³/mol. The molecule has 2 N–H and O–H groups in total. The van der Waals surface area contributed by atoms with E-state index in [-0.39, 0.29) is 12.1 Å². The molecule has 0 spiro atoms. The van der Waals surface area contributed by atoms with Gasteiger partial charge in [-0.1, -0.05) is 18.2 Å². The number of aromatic nitrogens is 2. The van der Waals surface area contributed by atoms with Crippen molar-refractivity contribution in [3.05, 3.63) is 82.9 Å². The number of carboxylic acids is 1. The Bertz CT molecular complexity index is 1180. The van der Waals surface area contributed by atoms with Crippen molar-refractivity contribution in [3.63, 3.8) is 0 Å². The summed E-state index contributed by atoms with van der Waals surface area (Å²) in [4.78, 5) is 13.5. The lowest BCUT2D eigenvalue weighted by molar-refractivity contribution is -0.192. The summed E-state index contributed by atoms with van der Waals surface area (Å²) in [7, 11) is 0. The minimum absolute atomic E-state index is 0.0414. The first-order valence-electron chi connectivity index (χ1n) is 10.3. The second kappa shape index (κ2) is 8.93. The molecule has 1 aromatic heterocycles. The van der Waals surface area contributed by atoms with Crippen LogP contribution in [0.4, 0.5) is 22.0 Å². The molecule has 2 atom stereocenters. The average molecular weight is 465 g/mol. The van der Waals surface area contributed by atoms with E-state index in [0.717, 1.165) is 42.4 Å². The van der Waals surface area contributed by atoms with Gasteiger partial charge in [0.2, 0.25) is 0 Å². The van der Waals surface area contributed by atoms with Gasteiger partial charge in [0, 0.05) is 30.2 Å². The highest BCUT2D eigenvalue weighted by atomic mass is 19.4. The number of aliphatic carboxylic acids is 1. The quantitative estimate of drug-likeness (QED) is 0.520. The number of halogens is 5. The number of nitrogens with one attached hydrogen (secondary N) is 1. The number of carboxylic acid groups (broad SMARTS) is 1. The molecule has 33 heavy (non-hydrogen) atoms. The summed E-state index contributed by atoms with van der Waals surface area (Å²) in [5.74, 6) is -2.74. The van der Waals surface area contributed by atoms with Crippen molar-refractivity contribution in [2.45, 2.75) is 43.9 Å². The number of fused-ring (bicyclic) bond motifs is 4. The van der Waals surface area contributed by atoms with Gasteiger partial charge < -0.3 is 15.0 Å². The molecule has 10 heteroatoms. The van der Waals surface area contributed by atoms with Crippen LogP contribution in [0.15, 0.2) is 48.8 Å². The van der Waals surface area contributed by atoms with Crippen molar-refractivity contribution in [3.8, 4) is 5.69 Å². The van der Waals surface area contributed by atoms with Crippen molar-refractivity contribution >= 4 is 5.97 Å². The Morgan fingerprint density at radius 2 is 1.79 bits per heavy atom. The first kappa shape index (κ1) is 22.9. The van der Waals surface area contributed by atoms with E-state index in [2.05, 4.69) is 33.1 Å². The summed E-state index contributed by atoms with van der Waals surface area (Å²) in [5, 5.41) is 10.8. The van der Waals surface area contributed by atoms with E-state index < -0.39 is 23.8 Å². The number of nitrogens with zero attached hydrogens (tertiary/aromatic N) is 2. The zero-order valence-electron chi connectivity index (χ0n) is 17.2. The minimum atomic E-state index is -5.08. The second-order valence-electron chi connectivity index (χ2n) is 7.89. The van der Waals surface area contributed by atoms with E-state index in [1.165, 1.54) is 11.6 Å². The molecule has 0 radical (unpaired) electrons. The molecule has 2 aromatic carbocycles. The Morgan fingerprint density at radius 3 is 2.52 bits per heavy atom. The lowest BCUT2D eigenvalue weighted by atomic mass is 10.0. The maximum Gasteiger partial charge on any atom is 0.490 e. The lowest BCUT2D eigenvalue weighted by Gasteiger charge is -2.22. The van der Waals surface area contributed by atoms with Crippen molar-refractivity contribution in [1.82, 2.24) is 14.9 Å². The second-order valence-corrected chi connectivity index (χ2v) is 7.89. The smallest absolute Gasteiger partial charge is 0.475 e. The molecule has 5 nitrogen and oxygen atoms in total. The van der Waals surface area contributed by atoms with Crippen LogP contribution in [0.2, 0.25) is 0 Å². The van der Waals surface area contributed by atoms with Crippen LogP contribution >= 0.6 is 0 Å². The van der Waals surface area contributed by atoms with Crippen molar-refractivity contribution in [2.75, 3.05) is 0 Å². The van der Waals surface area contributed by atoms with Crippen LogP contribution < -0.4 is 5.32 Å². The van der Waals surface area contributed by atoms with Crippen molar-refractivity contribution < 1.29 is 31.9 Å². The molecule has 174 valence electrons. The van der Waals surface area contributed by atoms with Gasteiger partial charge in [0.15, 0.2) is 0 Å². The highest BCUT2D eigenvalue weighted by Gasteiger charge is 2.38. The van der Waals surface area contributed by atoms with Gasteiger partial charge in [-0.25, -0.2) is 18.6 Å². The number of para-hydroxylation sites is 1. The zero-order chi connectivity index (χ0) is 23.8. The Balaban J connectivity index is 0.000000325. The topological polar surface area (TPSA) is 67.2 Å². The fraction of sp³-hybridized carbons (Fsp3) is 0.304. The maximum absolute atomic E-state index is 14.1. The minimum Gasteiger partial charge on any atom is -0.475 e. The van der Waals surface area contributed by atoms with E-state index in [4.69, 9.17) is 9.90 Å². The van der Waals surface area contributed by atoms with Gasteiger partial charge >= 0.3 is 12.1 Å². The number of rotatable bonds is 2. The van der Waals surface area contributed by atoms with Gasteiger partial charge in [0.05, 0.1) is 6.04 Å². The van der Waals surface area contributed by atoms with Gasteiger partial charge in [-0.05, 0) is 54.5 Å². The molecule has 0 saturated carbocycles. The van der Waals surface area contributed by atoms with Gasteiger partial charge in [0.25, 0.3) is 0 Å². The molecule has 1 aliphatic carbocycles. The highest BCUT2D eigenvalue weighted by Crippen LogP contribution is 2.37. The summed E-state index contributed by atoms with van der Waals surface area (Å²) in [5.41, 5.74) is 3.85. The summed E-state index contributed by atoms with van der Waals surface area (Å²) in [6.45, 7) is 0. The Kier molecular flexibility index (Phi) is 6.20. The predicted octanol–water partition coefficient (Wildman–Crippen LogP) is 5.05. The third kappa shape index (κ3) is 4.75. The number of hydrogen-bond acceptors (Lipinski definition) is 3. The molecule has 1 aliphatic heterocycles. The number of hydrogen-bond donors (Lipinski definition) is 2. The molecular weight excluding hydrogens is 445 g/mol. The zero-order valence-corrected chi connectivity index (χ0v) is 17.2. The first-order chi connectivity index (χ1) is 15.6. The summed E-state index contributed by atoms with van der Waals surface area (Å²) in [6, 6.07) is 10.8. The van der Waals surface area contributed by atoms with Gasteiger partial charge in [-0.2, -0.15) is 13.2 Å². The van der Waals surface area contributed by atoms with E-state index in [9.17, 15) is 22.0 Å². The van der Waals surface area contributed by atoms with Gasteiger partial charge in [-0.15, -0.1) is 0 Å². The van der Waals surface area contributed by atoms with Gasteiger partial charge in [0.1, 0.15) is 17.5 Å². The molecule has 2 heterocycles. The summed E-state index contributed by atoms with van der Waals surface area (Å²) < 4.78 is 61.6. The standard InChI is InChI=1S/C21H19F2N3.C2HF3O2/c22-14-11-16-15(17(23)12-14)6-8-18(16)25-19-7-5-13-3-1-2-4-20(13)26-10-9-24-21(19)26;3-2(4,5)1(6)7/h1-4,9-12,18-19,25H,5-8H2;(H,6,7). The molecule has 0 saturated heterocycles. The van der Waals surface area contributed by atoms with E-state index in [0.29, 0.717) is 12.0 Å². The fourth-order valence-corrected chi connectivity index (χ4v) is 4.38. The number of imidazole rings is 1. The van der Waals surface area contributed by atoms with Crippen molar-refractivity contribution in [1.29, 1.82) is 0 Å². The SMILES string of the molecule is Fc1cc(F)c2c(c1)C(NC1CCc3ccccc3-n3ccnc31)CC2.O=C(O)C(F)(F)F. The molecule has 0 bridgehead atoms. The van der Waals surface area contributed by atoms with E-state index in [1.807, 2.05) is 18.5 Å². The van der Waals surface area contributed by atoms with Crippen LogP contribution in [0.3, 0.4) is 0 Å². The molecule has 0 fully saturated rings. The normalized spacial score (nSPS) is 18.9. The van der Waals surface area contributed by atoms with Crippen LogP contribution in [0.25, 0.3) is 5.69 Å². The molecule has 2 unspecified atom stereocenters. The third-order valence-electron chi connectivity index (χ3n) is 5.83. The van der Waals surface area contributed by atoms with Gasteiger partial charge in [-0.3, -0.25) is 0 Å². The van der Waals surface area contributed by atoms with E-state index >= 15 is 0 Å². The van der Waals surface area contributed by atoms with Crippen LogP contribution in [0, 0.1) is 11.6 Å². The Labute approximate surface area is 185 Å². The fourth-order valence-electron chi connectivity index (χ4n) is 4.38. The van der Waals surface area contributed by atoms with Crippen molar-refractivity contribution in [2.24, 2.45) is 0 Å². The van der Waals surface area contributed by atoms with Crippen LogP contribution in [0.1, 0.15) is 47.4 Å². The lowest BCUT2D eigenvalue weighted by Crippen LogP contribution is -2.27. The number of alkyl halides is 3. The summed E-state index contributed by atoms with van der Waals surface area (Å²) >= 11 is 0. The number of carbonyl (C=O) groups is 1. The monoisotopic (exact) mass is 465 g/mol. The Hall–Kier alpha value is -3.27. The molecule has 2 aliphatic rings. The van der Waals surface area contributed by atoms with Crippen LogP contribution in [0.5, 0.6) is 0 Å². The molecule has 0 amide bonds. The van der Waals surface area contributed by atoms with Crippen LogP contribution in [-0.2, 0) is 17.6 Å². The maximum atomic E-state index is 14.1. The number of benzene rings is 2. The highest BCUT2D eigenvalue weighted by molar-refractivity contribution is 5.73. The molecule has 3 aromatic rings. The first-order valence-corrected chi connectivity index (χ1v) is 10.3. The Morgan fingerprint density at radius 1 is 1.09 bits per heavy atom. The van der Waals surface area contributed by atoms with Crippen LogP contribution in [-0.4, -0.2) is 26.8 Å². The molecular formula is C23H20F5N3O2. The molecule has 5 rings (SSSR count). The summed E-state index contributed by atoms with van der Waals surface area (Å²) in [6.07, 6.45) is 1.97. The third-order valence-corrected chi connectivity index (χ3v) is 5.83.